The van der Waals surface area contributed by atoms with Crippen LogP contribution in [0.1, 0.15) is 39.4 Å². The van der Waals surface area contributed by atoms with Crippen molar-refractivity contribution in [3.63, 3.8) is 0 Å². The zero-order valence-electron chi connectivity index (χ0n) is 18.1. The zero-order valence-corrected chi connectivity index (χ0v) is 18.1. The molecule has 0 bridgehead atoms. The summed E-state index contributed by atoms with van der Waals surface area (Å²) in [7, 11) is 0. The van der Waals surface area contributed by atoms with Crippen LogP contribution in [0.15, 0.2) is 18.2 Å². The fourth-order valence-electron chi connectivity index (χ4n) is 3.07. The fourth-order valence-corrected chi connectivity index (χ4v) is 3.07. The first-order valence-electron chi connectivity index (χ1n) is 10.4. The minimum atomic E-state index is -0.362. The minimum Gasteiger partial charge on any atom is -0.494 e. The smallest absolute Gasteiger partial charge is 0.407 e. The van der Waals surface area contributed by atoms with Gasteiger partial charge in [0, 0.05) is 19.2 Å². The Bertz CT molecular complexity index is 1000. The summed E-state index contributed by atoms with van der Waals surface area (Å²) in [5, 5.41) is 14.6. The van der Waals surface area contributed by atoms with Gasteiger partial charge in [-0.1, -0.05) is 13.8 Å². The number of aryl methyl sites for hydroxylation is 1. The molecule has 0 atom stereocenters. The summed E-state index contributed by atoms with van der Waals surface area (Å²) in [5.74, 6) is 2.59. The Balaban J connectivity index is 1.60. The third-order valence-electron chi connectivity index (χ3n) is 4.48. The van der Waals surface area contributed by atoms with Gasteiger partial charge in [0.1, 0.15) is 11.6 Å². The third kappa shape index (κ3) is 5.28. The highest BCUT2D eigenvalue weighted by Crippen LogP contribution is 2.25. The Kier molecular flexibility index (Phi) is 7.26. The minimum absolute atomic E-state index is 0.330. The Labute approximate surface area is 176 Å². The van der Waals surface area contributed by atoms with Crippen molar-refractivity contribution < 1.29 is 14.3 Å². The number of unbranched alkanes of at least 4 members (excludes halogenated alkanes) is 1. The second-order valence-electron chi connectivity index (χ2n) is 7.50. The van der Waals surface area contributed by atoms with Crippen LogP contribution in [-0.2, 0) is 4.74 Å². The number of nitrogens with one attached hydrogen (secondary N) is 2. The lowest BCUT2D eigenvalue weighted by Gasteiger charge is -2.11. The molecular formula is C21H30N6O3. The van der Waals surface area contributed by atoms with Crippen LogP contribution in [0.2, 0.25) is 0 Å². The maximum atomic E-state index is 11.6. The van der Waals surface area contributed by atoms with Gasteiger partial charge in [-0.05, 0) is 44.7 Å². The third-order valence-corrected chi connectivity index (χ3v) is 4.48. The summed E-state index contributed by atoms with van der Waals surface area (Å²) in [6.07, 6.45) is 1.33. The first-order chi connectivity index (χ1) is 14.5. The number of hydrogen-bond acceptors (Lipinski definition) is 7. The van der Waals surface area contributed by atoms with Crippen molar-refractivity contribution in [1.29, 1.82) is 0 Å². The number of aromatic nitrogens is 4. The van der Waals surface area contributed by atoms with E-state index in [0.717, 1.165) is 35.4 Å². The number of alkyl carbamates (subject to hydrolysis) is 1. The second kappa shape index (κ2) is 10.1. The Morgan fingerprint density at radius 1 is 1.20 bits per heavy atom. The predicted molar refractivity (Wildman–Crippen MR) is 116 cm³/mol. The largest absolute Gasteiger partial charge is 0.494 e. The van der Waals surface area contributed by atoms with E-state index in [-0.39, 0.29) is 6.09 Å². The molecule has 3 rings (SSSR count). The Hall–Kier alpha value is -3.10. The highest BCUT2D eigenvalue weighted by atomic mass is 16.5. The van der Waals surface area contributed by atoms with E-state index in [1.54, 1.807) is 0 Å². The number of nitrogens with zero attached hydrogens (tertiary/aromatic N) is 4. The summed E-state index contributed by atoms with van der Waals surface area (Å²) >= 11 is 0. The van der Waals surface area contributed by atoms with E-state index in [1.165, 1.54) is 0 Å². The van der Waals surface area contributed by atoms with E-state index in [0.29, 0.717) is 43.7 Å². The van der Waals surface area contributed by atoms with Gasteiger partial charge in [0.25, 0.3) is 0 Å². The van der Waals surface area contributed by atoms with Gasteiger partial charge in [-0.2, -0.15) is 0 Å². The first kappa shape index (κ1) is 21.6. The molecule has 2 aromatic heterocycles. The van der Waals surface area contributed by atoms with Gasteiger partial charge in [-0.15, -0.1) is 10.2 Å². The van der Waals surface area contributed by atoms with Crippen molar-refractivity contribution in [3.8, 4) is 5.75 Å². The molecule has 9 heteroatoms. The van der Waals surface area contributed by atoms with E-state index in [9.17, 15) is 4.79 Å². The van der Waals surface area contributed by atoms with Crippen molar-refractivity contribution in [2.45, 2.75) is 40.5 Å². The van der Waals surface area contributed by atoms with Crippen LogP contribution in [0, 0.1) is 12.8 Å². The van der Waals surface area contributed by atoms with Crippen molar-refractivity contribution in [2.24, 2.45) is 5.92 Å². The quantitative estimate of drug-likeness (QED) is 0.489. The number of ether oxygens (including phenoxy) is 2. The lowest BCUT2D eigenvalue weighted by molar-refractivity contribution is 0.133. The number of anilines is 1. The molecule has 0 aliphatic carbocycles. The molecule has 0 saturated carbocycles. The number of fused-ring (bicyclic) bond motifs is 3. The van der Waals surface area contributed by atoms with Gasteiger partial charge < -0.3 is 20.1 Å². The molecule has 30 heavy (non-hydrogen) atoms. The van der Waals surface area contributed by atoms with Crippen LogP contribution in [0.3, 0.4) is 0 Å². The number of carbonyl (C=O) groups is 1. The van der Waals surface area contributed by atoms with Crippen molar-refractivity contribution in [3.05, 3.63) is 24.0 Å². The summed E-state index contributed by atoms with van der Waals surface area (Å²) in [4.78, 5) is 16.3. The van der Waals surface area contributed by atoms with Crippen molar-refractivity contribution in [1.82, 2.24) is 24.9 Å². The standard InChI is InChI=1S/C21H30N6O3/c1-5-29-16-8-9-18-17(12-16)24-19(20-26-25-15(4)27(18)20)22-10-6-7-11-23-21(28)30-13-14(2)3/h8-9,12,14H,5-7,10-11,13H2,1-4H3,(H,22,24)(H,23,28). The van der Waals surface area contributed by atoms with Gasteiger partial charge in [-0.3, -0.25) is 4.40 Å². The van der Waals surface area contributed by atoms with E-state index >= 15 is 0 Å². The van der Waals surface area contributed by atoms with Gasteiger partial charge in [0.05, 0.1) is 24.2 Å². The molecule has 0 saturated heterocycles. The maximum absolute atomic E-state index is 11.6. The molecule has 162 valence electrons. The average molecular weight is 415 g/mol. The first-order valence-corrected chi connectivity index (χ1v) is 10.4. The highest BCUT2D eigenvalue weighted by molar-refractivity contribution is 5.84. The van der Waals surface area contributed by atoms with Gasteiger partial charge in [0.2, 0.25) is 5.65 Å². The number of amides is 1. The van der Waals surface area contributed by atoms with Crippen LogP contribution in [-0.4, -0.2) is 52.0 Å². The molecule has 0 spiro atoms. The molecule has 1 amide bonds. The number of carbonyl (C=O) groups excluding carboxylic acids is 1. The molecule has 0 unspecified atom stereocenters. The molecule has 9 nitrogen and oxygen atoms in total. The molecule has 0 aliphatic heterocycles. The lowest BCUT2D eigenvalue weighted by atomic mass is 10.2. The predicted octanol–water partition coefficient (Wildman–Crippen LogP) is 3.56. The van der Waals surface area contributed by atoms with E-state index < -0.39 is 0 Å². The number of benzene rings is 1. The topological polar surface area (TPSA) is 103 Å². The average Bonchev–Trinajstić information content (AvgIpc) is 3.11. The monoisotopic (exact) mass is 414 g/mol. The summed E-state index contributed by atoms with van der Waals surface area (Å²) in [6.45, 7) is 10.2. The summed E-state index contributed by atoms with van der Waals surface area (Å²) in [6, 6.07) is 5.83. The molecule has 0 fully saturated rings. The van der Waals surface area contributed by atoms with Crippen LogP contribution in [0.5, 0.6) is 5.75 Å². The van der Waals surface area contributed by atoms with Gasteiger partial charge in [-0.25, -0.2) is 9.78 Å². The van der Waals surface area contributed by atoms with E-state index in [2.05, 4.69) is 20.8 Å². The second-order valence-corrected chi connectivity index (χ2v) is 7.50. The fraction of sp³-hybridized carbons (Fsp3) is 0.524. The van der Waals surface area contributed by atoms with Crippen LogP contribution in [0.4, 0.5) is 10.6 Å². The van der Waals surface area contributed by atoms with Crippen LogP contribution < -0.4 is 15.4 Å². The lowest BCUT2D eigenvalue weighted by Crippen LogP contribution is -2.26. The highest BCUT2D eigenvalue weighted by Gasteiger charge is 2.13. The van der Waals surface area contributed by atoms with Gasteiger partial charge in [0.15, 0.2) is 5.82 Å². The van der Waals surface area contributed by atoms with Crippen molar-refractivity contribution >= 4 is 28.6 Å². The van der Waals surface area contributed by atoms with Crippen LogP contribution in [0.25, 0.3) is 16.7 Å². The molecule has 2 N–H and O–H groups in total. The molecule has 2 heterocycles. The summed E-state index contributed by atoms with van der Waals surface area (Å²) in [5.41, 5.74) is 2.44. The molecule has 3 aromatic rings. The number of rotatable bonds is 10. The SMILES string of the molecule is CCOc1ccc2c(c1)nc(NCCCCNC(=O)OCC(C)C)c1nnc(C)n12. The van der Waals surface area contributed by atoms with E-state index in [1.807, 2.05) is 50.3 Å². The molecule has 0 aliphatic rings. The molecule has 0 radical (unpaired) electrons. The summed E-state index contributed by atoms with van der Waals surface area (Å²) < 4.78 is 12.7. The zero-order chi connectivity index (χ0) is 21.5. The Morgan fingerprint density at radius 3 is 2.77 bits per heavy atom. The maximum Gasteiger partial charge on any atom is 0.407 e. The number of hydrogen-bond donors (Lipinski definition) is 2. The Morgan fingerprint density at radius 2 is 2.00 bits per heavy atom. The van der Waals surface area contributed by atoms with E-state index in [4.69, 9.17) is 14.5 Å². The van der Waals surface area contributed by atoms with Crippen LogP contribution >= 0.6 is 0 Å². The normalized spacial score (nSPS) is 11.2. The molecule has 1 aromatic carbocycles. The van der Waals surface area contributed by atoms with Gasteiger partial charge >= 0.3 is 6.09 Å². The molecular weight excluding hydrogens is 384 g/mol. The van der Waals surface area contributed by atoms with Crippen molar-refractivity contribution in [2.75, 3.05) is 31.6 Å².